The van der Waals surface area contributed by atoms with Gasteiger partial charge in [-0.25, -0.2) is 4.39 Å². The second-order valence-electron chi connectivity index (χ2n) is 6.60. The van der Waals surface area contributed by atoms with E-state index in [1.54, 1.807) is 6.07 Å². The second kappa shape index (κ2) is 4.52. The summed E-state index contributed by atoms with van der Waals surface area (Å²) in [5.41, 5.74) is 0.486. The first kappa shape index (κ1) is 13.2. The maximum absolute atomic E-state index is 13.6. The number of likely N-dealkylation sites (N-methyl/N-ethyl adjacent to an activating group) is 1. The Morgan fingerprint density at radius 1 is 1.38 bits per heavy atom. The van der Waals surface area contributed by atoms with Crippen molar-refractivity contribution in [1.29, 1.82) is 0 Å². The molecular formula is C16H20FN3O. The molecule has 2 heterocycles. The summed E-state index contributed by atoms with van der Waals surface area (Å²) in [5.74, 6) is -0.0425. The molecule has 2 aliphatic heterocycles. The lowest BCUT2D eigenvalue weighted by Gasteiger charge is -2.30. The van der Waals surface area contributed by atoms with Crippen molar-refractivity contribution >= 4 is 5.91 Å². The molecule has 1 spiro atoms. The standard InChI is InChI=1S/C16H20FN3O/c1-19-8-5-13(10-19)20-14(11-3-2-4-12(17)9-11)18-16(6-7-16)15(20)21/h2-4,9,13-14,18H,5-8,10H2,1H3. The van der Waals surface area contributed by atoms with Crippen molar-refractivity contribution in [3.05, 3.63) is 35.6 Å². The predicted molar refractivity (Wildman–Crippen MR) is 77.0 cm³/mol. The number of benzene rings is 1. The van der Waals surface area contributed by atoms with E-state index < -0.39 is 0 Å². The average molecular weight is 289 g/mol. The Balaban J connectivity index is 1.68. The summed E-state index contributed by atoms with van der Waals surface area (Å²) in [6.07, 6.45) is 2.60. The molecule has 1 amide bonds. The monoisotopic (exact) mass is 289 g/mol. The SMILES string of the molecule is CN1CCC(N2C(=O)C3(CC3)NC2c2cccc(F)c2)C1. The Hall–Kier alpha value is -1.46. The number of halogens is 1. The molecule has 1 saturated carbocycles. The second-order valence-corrected chi connectivity index (χ2v) is 6.60. The Labute approximate surface area is 123 Å². The van der Waals surface area contributed by atoms with E-state index in [1.165, 1.54) is 12.1 Å². The van der Waals surface area contributed by atoms with Crippen molar-refractivity contribution in [2.24, 2.45) is 0 Å². The summed E-state index contributed by atoms with van der Waals surface area (Å²) < 4.78 is 13.6. The van der Waals surface area contributed by atoms with Crippen LogP contribution in [0.15, 0.2) is 24.3 Å². The summed E-state index contributed by atoms with van der Waals surface area (Å²) in [6.45, 7) is 1.91. The van der Waals surface area contributed by atoms with Crippen LogP contribution in [0, 0.1) is 5.82 Å². The first-order valence-corrected chi connectivity index (χ1v) is 7.64. The first-order valence-electron chi connectivity index (χ1n) is 7.64. The minimum Gasteiger partial charge on any atom is -0.317 e. The highest BCUT2D eigenvalue weighted by molar-refractivity contribution is 5.92. The van der Waals surface area contributed by atoms with Gasteiger partial charge in [0.05, 0.1) is 0 Å². The number of nitrogens with zero attached hydrogens (tertiary/aromatic N) is 2. The van der Waals surface area contributed by atoms with E-state index in [0.717, 1.165) is 37.9 Å². The van der Waals surface area contributed by atoms with Crippen LogP contribution in [-0.4, -0.2) is 47.4 Å². The smallest absolute Gasteiger partial charge is 0.244 e. The molecule has 3 aliphatic rings. The third-order valence-electron chi connectivity index (χ3n) is 5.01. The largest absolute Gasteiger partial charge is 0.317 e. The van der Waals surface area contributed by atoms with E-state index in [0.29, 0.717) is 0 Å². The topological polar surface area (TPSA) is 35.6 Å². The van der Waals surface area contributed by atoms with Crippen LogP contribution in [0.5, 0.6) is 0 Å². The maximum atomic E-state index is 13.6. The number of amides is 1. The van der Waals surface area contributed by atoms with Crippen LogP contribution >= 0.6 is 0 Å². The minimum absolute atomic E-state index is 0.188. The van der Waals surface area contributed by atoms with Gasteiger partial charge in [0.25, 0.3) is 0 Å². The quantitative estimate of drug-likeness (QED) is 0.896. The lowest BCUT2D eigenvalue weighted by Crippen LogP contribution is -2.41. The summed E-state index contributed by atoms with van der Waals surface area (Å²) in [6, 6.07) is 6.83. The van der Waals surface area contributed by atoms with Gasteiger partial charge in [0.1, 0.15) is 17.5 Å². The number of rotatable bonds is 2. The summed E-state index contributed by atoms with van der Waals surface area (Å²) >= 11 is 0. The molecule has 0 bridgehead atoms. The van der Waals surface area contributed by atoms with Crippen LogP contribution in [0.25, 0.3) is 0 Å². The molecule has 2 saturated heterocycles. The van der Waals surface area contributed by atoms with Gasteiger partial charge in [-0.3, -0.25) is 10.1 Å². The van der Waals surface area contributed by atoms with Gasteiger partial charge in [-0.15, -0.1) is 0 Å². The highest BCUT2D eigenvalue weighted by atomic mass is 19.1. The van der Waals surface area contributed by atoms with Gasteiger partial charge in [-0.1, -0.05) is 12.1 Å². The van der Waals surface area contributed by atoms with Crippen molar-refractivity contribution in [2.45, 2.75) is 37.0 Å². The number of hydrogen-bond donors (Lipinski definition) is 1. The van der Waals surface area contributed by atoms with E-state index >= 15 is 0 Å². The highest BCUT2D eigenvalue weighted by Crippen LogP contribution is 2.47. The van der Waals surface area contributed by atoms with Crippen molar-refractivity contribution in [3.8, 4) is 0 Å². The highest BCUT2D eigenvalue weighted by Gasteiger charge is 2.60. The fourth-order valence-corrected chi connectivity index (χ4v) is 3.68. The van der Waals surface area contributed by atoms with Crippen molar-refractivity contribution < 1.29 is 9.18 Å². The summed E-state index contributed by atoms with van der Waals surface area (Å²) in [7, 11) is 2.08. The molecule has 0 radical (unpaired) electrons. The predicted octanol–water partition coefficient (Wildman–Crippen LogP) is 1.49. The molecular weight excluding hydrogens is 269 g/mol. The van der Waals surface area contributed by atoms with Crippen molar-refractivity contribution in [2.75, 3.05) is 20.1 Å². The minimum atomic E-state index is -0.363. The van der Waals surface area contributed by atoms with Gasteiger partial charge in [0, 0.05) is 12.6 Å². The maximum Gasteiger partial charge on any atom is 0.244 e. The van der Waals surface area contributed by atoms with Crippen molar-refractivity contribution in [3.63, 3.8) is 0 Å². The zero-order chi connectivity index (χ0) is 14.6. The van der Waals surface area contributed by atoms with Crippen LogP contribution in [-0.2, 0) is 4.79 Å². The third kappa shape index (κ3) is 2.07. The molecule has 2 unspecified atom stereocenters. The third-order valence-corrected chi connectivity index (χ3v) is 5.01. The number of likely N-dealkylation sites (tertiary alicyclic amines) is 1. The van der Waals surface area contributed by atoms with Gasteiger partial charge in [-0.05, 0) is 50.6 Å². The number of carbonyl (C=O) groups is 1. The van der Waals surface area contributed by atoms with E-state index in [1.807, 2.05) is 11.0 Å². The molecule has 5 heteroatoms. The molecule has 21 heavy (non-hydrogen) atoms. The van der Waals surface area contributed by atoms with Crippen molar-refractivity contribution in [1.82, 2.24) is 15.1 Å². The van der Waals surface area contributed by atoms with Gasteiger partial charge in [0.15, 0.2) is 0 Å². The average Bonchev–Trinajstić information content (AvgIpc) is 3.03. The molecule has 1 aliphatic carbocycles. The number of hydrogen-bond acceptors (Lipinski definition) is 3. The molecule has 4 nitrogen and oxygen atoms in total. The zero-order valence-corrected chi connectivity index (χ0v) is 12.2. The molecule has 1 N–H and O–H groups in total. The first-order chi connectivity index (χ1) is 10.1. The normalized spacial score (nSPS) is 31.3. The van der Waals surface area contributed by atoms with Crippen LogP contribution in [0.4, 0.5) is 4.39 Å². The van der Waals surface area contributed by atoms with Gasteiger partial charge < -0.3 is 9.80 Å². The molecule has 112 valence electrons. The van der Waals surface area contributed by atoms with E-state index in [-0.39, 0.29) is 29.5 Å². The van der Waals surface area contributed by atoms with E-state index in [9.17, 15) is 9.18 Å². The molecule has 1 aromatic rings. The molecule has 1 aromatic carbocycles. The fourth-order valence-electron chi connectivity index (χ4n) is 3.68. The van der Waals surface area contributed by atoms with Gasteiger partial charge in [0.2, 0.25) is 5.91 Å². The molecule has 4 rings (SSSR count). The van der Waals surface area contributed by atoms with Gasteiger partial charge >= 0.3 is 0 Å². The Morgan fingerprint density at radius 2 is 2.19 bits per heavy atom. The zero-order valence-electron chi connectivity index (χ0n) is 12.2. The Morgan fingerprint density at radius 3 is 2.81 bits per heavy atom. The van der Waals surface area contributed by atoms with Crippen LogP contribution in [0.3, 0.4) is 0 Å². The molecule has 3 fully saturated rings. The Bertz CT molecular complexity index is 587. The number of carbonyl (C=O) groups excluding carboxylic acids is 1. The van der Waals surface area contributed by atoms with Crippen LogP contribution < -0.4 is 5.32 Å². The summed E-state index contributed by atoms with van der Waals surface area (Å²) in [4.78, 5) is 17.0. The molecule has 0 aromatic heterocycles. The van der Waals surface area contributed by atoms with Gasteiger partial charge in [-0.2, -0.15) is 0 Å². The van der Waals surface area contributed by atoms with E-state index in [4.69, 9.17) is 0 Å². The van der Waals surface area contributed by atoms with Crippen LogP contribution in [0.2, 0.25) is 0 Å². The summed E-state index contributed by atoms with van der Waals surface area (Å²) in [5, 5.41) is 3.47. The number of nitrogens with one attached hydrogen (secondary N) is 1. The van der Waals surface area contributed by atoms with Crippen LogP contribution in [0.1, 0.15) is 31.0 Å². The lowest BCUT2D eigenvalue weighted by atomic mass is 10.1. The van der Waals surface area contributed by atoms with E-state index in [2.05, 4.69) is 17.3 Å². The fraction of sp³-hybridized carbons (Fsp3) is 0.562. The molecule has 2 atom stereocenters. The lowest BCUT2D eigenvalue weighted by molar-refractivity contribution is -0.132. The Kier molecular flexibility index (Phi) is 2.84.